The van der Waals surface area contributed by atoms with E-state index in [1.165, 1.54) is 11.1 Å². The average Bonchev–Trinajstić information content (AvgIpc) is 2.12. The van der Waals surface area contributed by atoms with Crippen LogP contribution in [0.3, 0.4) is 0 Å². The van der Waals surface area contributed by atoms with Crippen molar-refractivity contribution in [1.82, 2.24) is 0 Å². The van der Waals surface area contributed by atoms with Gasteiger partial charge < -0.3 is 5.11 Å². The van der Waals surface area contributed by atoms with Gasteiger partial charge in [-0.05, 0) is 37.0 Å². The quantitative estimate of drug-likeness (QED) is 0.842. The summed E-state index contributed by atoms with van der Waals surface area (Å²) < 4.78 is 1.14. The molecule has 1 nitrogen and oxygen atoms in total. The van der Waals surface area contributed by atoms with E-state index in [1.54, 1.807) is 0 Å². The van der Waals surface area contributed by atoms with E-state index in [1.807, 2.05) is 32.9 Å². The second-order valence-electron chi connectivity index (χ2n) is 3.39. The lowest BCUT2D eigenvalue weighted by molar-refractivity contribution is 0.173. The van der Waals surface area contributed by atoms with Gasteiger partial charge >= 0.3 is 0 Å². The van der Waals surface area contributed by atoms with Crippen LogP contribution in [0.2, 0.25) is 0 Å². The molecule has 0 aliphatic carbocycles. The molecule has 0 bridgehead atoms. The monoisotopic (exact) mass is 242 g/mol. The Labute approximate surface area is 87.9 Å². The van der Waals surface area contributed by atoms with Gasteiger partial charge in [0.05, 0.1) is 6.10 Å². The maximum absolute atomic E-state index is 9.65. The molecule has 1 atom stereocenters. The fourth-order valence-electron chi connectivity index (χ4n) is 1.41. The summed E-state index contributed by atoms with van der Waals surface area (Å²) in [5, 5.41) is 9.65. The van der Waals surface area contributed by atoms with E-state index >= 15 is 0 Å². The molecule has 1 aromatic rings. The topological polar surface area (TPSA) is 20.2 Å². The maximum Gasteiger partial charge on any atom is 0.0787 e. The summed E-state index contributed by atoms with van der Waals surface area (Å²) in [5.41, 5.74) is 3.38. The Kier molecular flexibility index (Phi) is 3.51. The third kappa shape index (κ3) is 2.32. The smallest absolute Gasteiger partial charge is 0.0787 e. The van der Waals surface area contributed by atoms with Crippen LogP contribution < -0.4 is 0 Å². The van der Waals surface area contributed by atoms with Gasteiger partial charge in [0, 0.05) is 4.47 Å². The molecule has 0 amide bonds. The zero-order valence-corrected chi connectivity index (χ0v) is 9.85. The second-order valence-corrected chi connectivity index (χ2v) is 4.19. The summed E-state index contributed by atoms with van der Waals surface area (Å²) in [6.45, 7) is 6.07. The largest absolute Gasteiger partial charge is 0.388 e. The van der Waals surface area contributed by atoms with Crippen molar-refractivity contribution in [2.24, 2.45) is 0 Å². The SMILES string of the molecule is CC[C@H](O)c1cc(C)c(Br)c(C)c1. The van der Waals surface area contributed by atoms with E-state index < -0.39 is 0 Å². The molecule has 0 saturated heterocycles. The van der Waals surface area contributed by atoms with Gasteiger partial charge in [-0.15, -0.1) is 0 Å². The first-order valence-corrected chi connectivity index (χ1v) is 5.30. The molecule has 0 saturated carbocycles. The first kappa shape index (κ1) is 10.7. The fraction of sp³-hybridized carbons (Fsp3) is 0.455. The van der Waals surface area contributed by atoms with Crippen LogP contribution in [0, 0.1) is 13.8 Å². The average molecular weight is 243 g/mol. The van der Waals surface area contributed by atoms with Crippen LogP contribution in [0.25, 0.3) is 0 Å². The molecule has 0 heterocycles. The molecule has 0 aliphatic rings. The van der Waals surface area contributed by atoms with Crippen molar-refractivity contribution in [3.63, 3.8) is 0 Å². The first-order valence-electron chi connectivity index (χ1n) is 4.51. The van der Waals surface area contributed by atoms with Crippen LogP contribution in [-0.2, 0) is 0 Å². The van der Waals surface area contributed by atoms with Gasteiger partial charge in [-0.2, -0.15) is 0 Å². The second kappa shape index (κ2) is 4.25. The summed E-state index contributed by atoms with van der Waals surface area (Å²) in [6, 6.07) is 4.07. The summed E-state index contributed by atoms with van der Waals surface area (Å²) in [4.78, 5) is 0. The lowest BCUT2D eigenvalue weighted by Crippen LogP contribution is -1.97. The van der Waals surface area contributed by atoms with Crippen LogP contribution >= 0.6 is 15.9 Å². The Hall–Kier alpha value is -0.340. The predicted molar refractivity (Wildman–Crippen MR) is 58.9 cm³/mol. The Bertz CT molecular complexity index is 284. The molecular weight excluding hydrogens is 228 g/mol. The van der Waals surface area contributed by atoms with Crippen molar-refractivity contribution in [1.29, 1.82) is 0 Å². The van der Waals surface area contributed by atoms with Crippen LogP contribution in [0.1, 0.15) is 36.1 Å². The van der Waals surface area contributed by atoms with Crippen molar-refractivity contribution in [3.8, 4) is 0 Å². The van der Waals surface area contributed by atoms with Crippen LogP contribution in [0.15, 0.2) is 16.6 Å². The zero-order valence-electron chi connectivity index (χ0n) is 8.26. The van der Waals surface area contributed by atoms with Gasteiger partial charge in [0.1, 0.15) is 0 Å². The third-order valence-corrected chi connectivity index (χ3v) is 3.48. The number of hydrogen-bond donors (Lipinski definition) is 1. The van der Waals surface area contributed by atoms with Crippen LogP contribution in [0.4, 0.5) is 0 Å². The molecular formula is C11H15BrO. The zero-order chi connectivity index (χ0) is 10.0. The van der Waals surface area contributed by atoms with E-state index in [2.05, 4.69) is 15.9 Å². The van der Waals surface area contributed by atoms with Gasteiger partial charge in [0.2, 0.25) is 0 Å². The minimum atomic E-state index is -0.328. The number of aryl methyl sites for hydroxylation is 2. The third-order valence-electron chi connectivity index (χ3n) is 2.23. The number of halogens is 1. The molecule has 0 fully saturated rings. The van der Waals surface area contributed by atoms with E-state index in [9.17, 15) is 5.11 Å². The maximum atomic E-state index is 9.65. The highest BCUT2D eigenvalue weighted by atomic mass is 79.9. The molecule has 0 aromatic heterocycles. The van der Waals surface area contributed by atoms with Crippen molar-refractivity contribution >= 4 is 15.9 Å². The molecule has 72 valence electrons. The lowest BCUT2D eigenvalue weighted by Gasteiger charge is -2.11. The molecule has 0 unspecified atom stereocenters. The Morgan fingerprint density at radius 2 is 1.77 bits per heavy atom. The van der Waals surface area contributed by atoms with Gasteiger partial charge in [0.15, 0.2) is 0 Å². The van der Waals surface area contributed by atoms with Crippen molar-refractivity contribution in [2.75, 3.05) is 0 Å². The number of rotatable bonds is 2. The van der Waals surface area contributed by atoms with Crippen molar-refractivity contribution < 1.29 is 5.11 Å². The normalized spacial score (nSPS) is 13.0. The summed E-state index contributed by atoms with van der Waals surface area (Å²) in [6.07, 6.45) is 0.436. The molecule has 1 N–H and O–H groups in total. The Morgan fingerprint density at radius 3 is 2.15 bits per heavy atom. The molecule has 0 radical (unpaired) electrons. The van der Waals surface area contributed by atoms with Crippen LogP contribution in [-0.4, -0.2) is 5.11 Å². The highest BCUT2D eigenvalue weighted by molar-refractivity contribution is 9.10. The van der Waals surface area contributed by atoms with Gasteiger partial charge in [-0.1, -0.05) is 35.0 Å². The number of hydrogen-bond acceptors (Lipinski definition) is 1. The molecule has 13 heavy (non-hydrogen) atoms. The number of aliphatic hydroxyl groups excluding tert-OH is 1. The molecule has 1 rings (SSSR count). The standard InChI is InChI=1S/C11H15BrO/c1-4-10(13)9-5-7(2)11(12)8(3)6-9/h5-6,10,13H,4H2,1-3H3/t10-/m0/s1. The predicted octanol–water partition coefficient (Wildman–Crippen LogP) is 3.51. The van der Waals surface area contributed by atoms with E-state index in [-0.39, 0.29) is 6.10 Å². The molecule has 0 spiro atoms. The van der Waals surface area contributed by atoms with E-state index in [4.69, 9.17) is 0 Å². The van der Waals surface area contributed by atoms with Gasteiger partial charge in [-0.3, -0.25) is 0 Å². The summed E-state index contributed by atoms with van der Waals surface area (Å²) in [7, 11) is 0. The molecule has 2 heteroatoms. The highest BCUT2D eigenvalue weighted by Crippen LogP contribution is 2.26. The Balaban J connectivity index is 3.13. The van der Waals surface area contributed by atoms with E-state index in [0.29, 0.717) is 0 Å². The van der Waals surface area contributed by atoms with Gasteiger partial charge in [-0.25, -0.2) is 0 Å². The number of aliphatic hydroxyl groups is 1. The minimum absolute atomic E-state index is 0.328. The first-order chi connectivity index (χ1) is 6.06. The lowest BCUT2D eigenvalue weighted by atomic mass is 10.0. The van der Waals surface area contributed by atoms with Gasteiger partial charge in [0.25, 0.3) is 0 Å². The minimum Gasteiger partial charge on any atom is -0.388 e. The number of benzene rings is 1. The Morgan fingerprint density at radius 1 is 1.31 bits per heavy atom. The summed E-state index contributed by atoms with van der Waals surface area (Å²) in [5.74, 6) is 0. The highest BCUT2D eigenvalue weighted by Gasteiger charge is 2.08. The van der Waals surface area contributed by atoms with Crippen molar-refractivity contribution in [2.45, 2.75) is 33.3 Å². The van der Waals surface area contributed by atoms with Crippen molar-refractivity contribution in [3.05, 3.63) is 33.3 Å². The van der Waals surface area contributed by atoms with E-state index in [0.717, 1.165) is 16.5 Å². The summed E-state index contributed by atoms with van der Waals surface area (Å²) >= 11 is 3.50. The molecule has 1 aromatic carbocycles. The van der Waals surface area contributed by atoms with Crippen LogP contribution in [0.5, 0.6) is 0 Å². The molecule has 0 aliphatic heterocycles. The fourth-order valence-corrected chi connectivity index (χ4v) is 1.64.